The van der Waals surface area contributed by atoms with Crippen LogP contribution in [0.2, 0.25) is 16.6 Å². The molecule has 0 saturated carbocycles. The summed E-state index contributed by atoms with van der Waals surface area (Å²) < 4.78 is 12.0. The highest BCUT2D eigenvalue weighted by Gasteiger charge is 2.46. The molecular weight excluding hydrogens is 366 g/mol. The van der Waals surface area contributed by atoms with Gasteiger partial charge >= 0.3 is 6.09 Å². The molecule has 1 atom stereocenters. The van der Waals surface area contributed by atoms with Gasteiger partial charge in [0, 0.05) is 6.54 Å². The molecule has 160 valence electrons. The average Bonchev–Trinajstić information content (AvgIpc) is 2.55. The molecule has 0 spiro atoms. The number of benzene rings is 1. The summed E-state index contributed by atoms with van der Waals surface area (Å²) in [6.45, 7) is 22.0. The Morgan fingerprint density at radius 1 is 0.929 bits per heavy atom. The van der Waals surface area contributed by atoms with Gasteiger partial charge in [-0.05, 0) is 61.0 Å². The molecule has 0 saturated heterocycles. The Bertz CT molecular complexity index is 596. The van der Waals surface area contributed by atoms with Gasteiger partial charge in [0.15, 0.2) is 0 Å². The first-order valence-electron chi connectivity index (χ1n) is 10.5. The van der Waals surface area contributed by atoms with Crippen LogP contribution in [0.1, 0.15) is 80.7 Å². The van der Waals surface area contributed by atoms with Gasteiger partial charge in [0.1, 0.15) is 11.4 Å². The minimum absolute atomic E-state index is 0.198. The van der Waals surface area contributed by atoms with Crippen LogP contribution in [-0.2, 0) is 4.74 Å². The molecular formula is C23H41NO3Si. The molecule has 5 heteroatoms. The molecule has 1 aromatic rings. The van der Waals surface area contributed by atoms with Crippen molar-refractivity contribution in [2.24, 2.45) is 0 Å². The van der Waals surface area contributed by atoms with Crippen LogP contribution in [0.5, 0.6) is 5.75 Å². The fourth-order valence-electron chi connectivity index (χ4n) is 4.09. The second kappa shape index (κ2) is 9.81. The number of ether oxygens (including phenoxy) is 1. The zero-order valence-corrected chi connectivity index (χ0v) is 20.6. The molecule has 0 radical (unpaired) electrons. The molecule has 0 heterocycles. The predicted octanol–water partition coefficient (Wildman–Crippen LogP) is 6.87. The van der Waals surface area contributed by atoms with Crippen molar-refractivity contribution in [2.45, 2.75) is 97.4 Å². The third kappa shape index (κ3) is 6.54. The molecule has 0 aliphatic carbocycles. The Hall–Kier alpha value is -1.49. The maximum Gasteiger partial charge on any atom is 0.407 e. The number of carbonyl (C=O) groups excluding carboxylic acids is 1. The fraction of sp³-hybridized carbons (Fsp3) is 0.696. The molecule has 0 fully saturated rings. The number of rotatable bonds is 8. The number of hydrogen-bond donors (Lipinski definition) is 1. The lowest BCUT2D eigenvalue weighted by atomic mass is 10.0. The number of hydrogen-bond acceptors (Lipinski definition) is 3. The maximum atomic E-state index is 11.8. The van der Waals surface area contributed by atoms with Crippen molar-refractivity contribution < 1.29 is 14.0 Å². The number of carbonyl (C=O) groups is 1. The van der Waals surface area contributed by atoms with E-state index < -0.39 is 13.9 Å². The van der Waals surface area contributed by atoms with Crippen LogP contribution in [0.3, 0.4) is 0 Å². The Morgan fingerprint density at radius 2 is 1.39 bits per heavy atom. The normalized spacial score (nSPS) is 13.8. The van der Waals surface area contributed by atoms with Crippen molar-refractivity contribution in [2.75, 3.05) is 6.54 Å². The van der Waals surface area contributed by atoms with E-state index in [-0.39, 0.29) is 12.0 Å². The monoisotopic (exact) mass is 407 g/mol. The van der Waals surface area contributed by atoms with Gasteiger partial charge in [-0.3, -0.25) is 0 Å². The molecule has 1 N–H and O–H groups in total. The third-order valence-corrected chi connectivity index (χ3v) is 11.4. The minimum atomic E-state index is -1.94. The lowest BCUT2D eigenvalue weighted by molar-refractivity contribution is 0.0525. The fourth-order valence-corrected chi connectivity index (χ4v) is 9.34. The largest absolute Gasteiger partial charge is 0.543 e. The highest BCUT2D eigenvalue weighted by molar-refractivity contribution is 6.78. The van der Waals surface area contributed by atoms with Crippen LogP contribution in [0.4, 0.5) is 4.79 Å². The van der Waals surface area contributed by atoms with Crippen molar-refractivity contribution in [1.82, 2.24) is 5.32 Å². The van der Waals surface area contributed by atoms with E-state index in [9.17, 15) is 4.79 Å². The standard InChI is InChI=1S/C23H41NO3Si/c1-16(2)28(17(3)4,18(5)6)27-21-13-11-20(12-14-21)19(7)15-24-22(25)26-23(8,9)10/h11-14,16-19H,15H2,1-10H3,(H,24,25). The molecule has 1 amide bonds. The van der Waals surface area contributed by atoms with Crippen LogP contribution in [-0.4, -0.2) is 26.6 Å². The summed E-state index contributed by atoms with van der Waals surface area (Å²) in [5, 5.41) is 2.85. The molecule has 0 aliphatic heterocycles. The van der Waals surface area contributed by atoms with Gasteiger partial charge < -0.3 is 14.5 Å². The van der Waals surface area contributed by atoms with E-state index in [0.717, 1.165) is 5.75 Å². The van der Waals surface area contributed by atoms with Gasteiger partial charge in [0.25, 0.3) is 8.32 Å². The Labute approximate surface area is 173 Å². The van der Waals surface area contributed by atoms with Gasteiger partial charge in [-0.2, -0.15) is 0 Å². The molecule has 1 unspecified atom stereocenters. The quantitative estimate of drug-likeness (QED) is 0.478. The number of amides is 1. The summed E-state index contributed by atoms with van der Waals surface area (Å²) in [7, 11) is -1.94. The summed E-state index contributed by atoms with van der Waals surface area (Å²) in [5.74, 6) is 1.16. The first kappa shape index (κ1) is 24.5. The second-order valence-corrected chi connectivity index (χ2v) is 15.1. The Morgan fingerprint density at radius 3 is 1.79 bits per heavy atom. The lowest BCUT2D eigenvalue weighted by Crippen LogP contribution is -2.50. The van der Waals surface area contributed by atoms with Crippen LogP contribution in [0.25, 0.3) is 0 Å². The van der Waals surface area contributed by atoms with Gasteiger partial charge in [0.05, 0.1) is 0 Å². The van der Waals surface area contributed by atoms with Gasteiger partial charge in [0.2, 0.25) is 0 Å². The zero-order chi connectivity index (χ0) is 21.7. The Balaban J connectivity index is 2.81. The van der Waals surface area contributed by atoms with Gasteiger partial charge in [-0.15, -0.1) is 0 Å². The molecule has 1 rings (SSSR count). The average molecular weight is 408 g/mol. The van der Waals surface area contributed by atoms with Crippen molar-refractivity contribution >= 4 is 14.4 Å². The summed E-state index contributed by atoms with van der Waals surface area (Å²) in [6, 6.07) is 8.37. The van der Waals surface area contributed by atoms with Gasteiger partial charge in [-0.25, -0.2) is 4.79 Å². The summed E-state index contributed by atoms with van der Waals surface area (Å²) in [6.07, 6.45) is -0.374. The van der Waals surface area contributed by atoms with Crippen molar-refractivity contribution in [3.63, 3.8) is 0 Å². The van der Waals surface area contributed by atoms with E-state index in [1.807, 2.05) is 20.8 Å². The smallest absolute Gasteiger partial charge is 0.407 e. The molecule has 1 aromatic carbocycles. The Kier molecular flexibility index (Phi) is 8.60. The number of alkyl carbamates (subject to hydrolysis) is 1. The summed E-state index contributed by atoms with van der Waals surface area (Å²) in [5.41, 5.74) is 2.33. The SMILES string of the molecule is CC(CNC(=O)OC(C)(C)C)c1ccc(O[Si](C(C)C)(C(C)C)C(C)C)cc1. The van der Waals surface area contributed by atoms with Gasteiger partial charge in [-0.1, -0.05) is 60.6 Å². The van der Waals surface area contributed by atoms with E-state index in [0.29, 0.717) is 23.2 Å². The van der Waals surface area contributed by atoms with Crippen LogP contribution >= 0.6 is 0 Å². The molecule has 0 aliphatic rings. The third-order valence-electron chi connectivity index (χ3n) is 5.40. The van der Waals surface area contributed by atoms with E-state index >= 15 is 0 Å². The summed E-state index contributed by atoms with van der Waals surface area (Å²) in [4.78, 5) is 11.8. The zero-order valence-electron chi connectivity index (χ0n) is 19.6. The molecule has 4 nitrogen and oxygen atoms in total. The van der Waals surface area contributed by atoms with Crippen LogP contribution in [0.15, 0.2) is 24.3 Å². The molecule has 0 bridgehead atoms. The maximum absolute atomic E-state index is 11.8. The predicted molar refractivity (Wildman–Crippen MR) is 121 cm³/mol. The lowest BCUT2D eigenvalue weighted by Gasteiger charge is -2.42. The number of nitrogens with one attached hydrogen (secondary N) is 1. The molecule has 0 aromatic heterocycles. The van der Waals surface area contributed by atoms with E-state index in [4.69, 9.17) is 9.16 Å². The van der Waals surface area contributed by atoms with Crippen LogP contribution in [0, 0.1) is 0 Å². The summed E-state index contributed by atoms with van der Waals surface area (Å²) >= 11 is 0. The van der Waals surface area contributed by atoms with Crippen LogP contribution < -0.4 is 9.74 Å². The topological polar surface area (TPSA) is 47.6 Å². The second-order valence-electron chi connectivity index (χ2n) is 9.77. The highest BCUT2D eigenvalue weighted by Crippen LogP contribution is 2.42. The van der Waals surface area contributed by atoms with E-state index in [1.165, 1.54) is 5.56 Å². The highest BCUT2D eigenvalue weighted by atomic mass is 28.4. The van der Waals surface area contributed by atoms with E-state index in [1.54, 1.807) is 0 Å². The minimum Gasteiger partial charge on any atom is -0.543 e. The first-order chi connectivity index (χ1) is 12.8. The van der Waals surface area contributed by atoms with Crippen molar-refractivity contribution in [3.05, 3.63) is 29.8 Å². The van der Waals surface area contributed by atoms with Crippen molar-refractivity contribution in [3.8, 4) is 5.75 Å². The first-order valence-corrected chi connectivity index (χ1v) is 12.7. The van der Waals surface area contributed by atoms with E-state index in [2.05, 4.69) is 78.0 Å². The molecule has 28 heavy (non-hydrogen) atoms. The van der Waals surface area contributed by atoms with Crippen molar-refractivity contribution in [1.29, 1.82) is 0 Å².